The molecule has 0 aliphatic rings. The summed E-state index contributed by atoms with van der Waals surface area (Å²) in [5.41, 5.74) is 0.0394. The average Bonchev–Trinajstić information content (AvgIpc) is 2.54. The normalized spacial score (nSPS) is 10.2. The fourth-order valence-electron chi connectivity index (χ4n) is 1.15. The molecule has 0 fully saturated rings. The quantitative estimate of drug-likeness (QED) is 0.654. The van der Waals surface area contributed by atoms with Gasteiger partial charge in [0.1, 0.15) is 11.6 Å². The lowest BCUT2D eigenvalue weighted by molar-refractivity contribution is 0.627. The summed E-state index contributed by atoms with van der Waals surface area (Å²) in [6.45, 7) is 0. The van der Waals surface area contributed by atoms with Crippen molar-refractivity contribution in [3.05, 3.63) is 33.9 Å². The molecule has 0 saturated carbocycles. The van der Waals surface area contributed by atoms with E-state index in [2.05, 4.69) is 0 Å². The summed E-state index contributed by atoms with van der Waals surface area (Å²) in [5.74, 6) is -0.626. The third-order valence-corrected chi connectivity index (χ3v) is 2.97. The van der Waals surface area contributed by atoms with Gasteiger partial charge in [-0.1, -0.05) is 11.6 Å². The molecule has 2 rings (SSSR count). The smallest absolute Gasteiger partial charge is 0.161 e. The van der Waals surface area contributed by atoms with Crippen LogP contribution < -0.4 is 0 Å². The number of rotatable bonds is 0. The number of benzene rings is 1. The third kappa shape index (κ3) is 1.19. The molecule has 4 heteroatoms. The highest BCUT2D eigenvalue weighted by atomic mass is 35.5. The summed E-state index contributed by atoms with van der Waals surface area (Å²) >= 11 is 6.95. The lowest BCUT2D eigenvalue weighted by Gasteiger charge is -1.97. The Labute approximate surface area is 83.0 Å². The van der Waals surface area contributed by atoms with E-state index in [-0.39, 0.29) is 10.6 Å². The average molecular weight is 212 g/mol. The Morgan fingerprint density at radius 1 is 1.54 bits per heavy atom. The highest BCUT2D eigenvalue weighted by Crippen LogP contribution is 2.30. The van der Waals surface area contributed by atoms with Crippen LogP contribution in [0.15, 0.2) is 17.5 Å². The molecule has 0 atom stereocenters. The van der Waals surface area contributed by atoms with Gasteiger partial charge >= 0.3 is 0 Å². The second kappa shape index (κ2) is 2.99. The third-order valence-electron chi connectivity index (χ3n) is 1.75. The molecule has 0 radical (unpaired) electrons. The largest absolute Gasteiger partial charge is 0.204 e. The first-order valence-electron chi connectivity index (χ1n) is 3.49. The molecule has 1 aromatic carbocycles. The van der Waals surface area contributed by atoms with Crippen LogP contribution >= 0.6 is 22.9 Å². The van der Waals surface area contributed by atoms with E-state index in [9.17, 15) is 4.39 Å². The molecule has 0 saturated heterocycles. The van der Waals surface area contributed by atoms with Crippen molar-refractivity contribution >= 4 is 33.0 Å². The fraction of sp³-hybridized carbons (Fsp3) is 0. The molecule has 0 aliphatic carbocycles. The van der Waals surface area contributed by atoms with Gasteiger partial charge in [0.15, 0.2) is 5.82 Å². The molecular weight excluding hydrogens is 209 g/mol. The number of thiophene rings is 1. The topological polar surface area (TPSA) is 23.8 Å². The van der Waals surface area contributed by atoms with Gasteiger partial charge in [-0.3, -0.25) is 0 Å². The molecule has 0 unspecified atom stereocenters. The van der Waals surface area contributed by atoms with Gasteiger partial charge in [-0.05, 0) is 22.9 Å². The Morgan fingerprint density at radius 3 is 3.00 bits per heavy atom. The standard InChI is InChI=1S/C9H3ClFNS/c10-7-3-5-1-2-13-9(5)6(4-12)8(7)11/h1-3H. The second-order valence-electron chi connectivity index (χ2n) is 2.50. The lowest BCUT2D eigenvalue weighted by Crippen LogP contribution is -1.84. The van der Waals surface area contributed by atoms with Crippen molar-refractivity contribution in [2.45, 2.75) is 0 Å². The molecule has 1 aromatic heterocycles. The van der Waals surface area contributed by atoms with Crippen molar-refractivity contribution < 1.29 is 4.39 Å². The Hall–Kier alpha value is -1.11. The Balaban J connectivity index is 2.98. The Kier molecular flexibility index (Phi) is 1.95. The van der Waals surface area contributed by atoms with Crippen LogP contribution in [-0.2, 0) is 0 Å². The van der Waals surface area contributed by atoms with E-state index in [4.69, 9.17) is 16.9 Å². The van der Waals surface area contributed by atoms with Gasteiger partial charge in [0.2, 0.25) is 0 Å². The zero-order valence-corrected chi connectivity index (χ0v) is 7.92. The number of hydrogen-bond acceptors (Lipinski definition) is 2. The van der Waals surface area contributed by atoms with Crippen LogP contribution in [0.5, 0.6) is 0 Å². The highest BCUT2D eigenvalue weighted by Gasteiger charge is 2.12. The van der Waals surface area contributed by atoms with Crippen molar-refractivity contribution in [1.29, 1.82) is 5.26 Å². The van der Waals surface area contributed by atoms with Crippen molar-refractivity contribution in [3.8, 4) is 6.07 Å². The molecule has 2 aromatic rings. The number of halogens is 2. The molecule has 1 nitrogen and oxygen atoms in total. The van der Waals surface area contributed by atoms with Gasteiger partial charge < -0.3 is 0 Å². The van der Waals surface area contributed by atoms with Gasteiger partial charge in [0, 0.05) is 0 Å². The molecule has 0 N–H and O–H groups in total. The second-order valence-corrected chi connectivity index (χ2v) is 3.82. The van der Waals surface area contributed by atoms with Crippen molar-refractivity contribution in [2.24, 2.45) is 0 Å². The van der Waals surface area contributed by atoms with Gasteiger partial charge in [-0.15, -0.1) is 11.3 Å². The van der Waals surface area contributed by atoms with E-state index in [1.54, 1.807) is 5.38 Å². The van der Waals surface area contributed by atoms with Crippen molar-refractivity contribution in [1.82, 2.24) is 0 Å². The summed E-state index contributed by atoms with van der Waals surface area (Å²) in [7, 11) is 0. The highest BCUT2D eigenvalue weighted by molar-refractivity contribution is 7.17. The predicted octanol–water partition coefficient (Wildman–Crippen LogP) is 3.57. The number of nitrogens with zero attached hydrogens (tertiary/aromatic N) is 1. The van der Waals surface area contributed by atoms with Crippen LogP contribution in [0.1, 0.15) is 5.56 Å². The minimum absolute atomic E-state index is 0.00227. The van der Waals surface area contributed by atoms with Crippen LogP contribution in [0.2, 0.25) is 5.02 Å². The molecule has 0 bridgehead atoms. The molecule has 13 heavy (non-hydrogen) atoms. The molecular formula is C9H3ClFNS. The van der Waals surface area contributed by atoms with Crippen LogP contribution in [0, 0.1) is 17.1 Å². The van der Waals surface area contributed by atoms with Gasteiger partial charge in [-0.2, -0.15) is 5.26 Å². The van der Waals surface area contributed by atoms with Crippen LogP contribution in [0.3, 0.4) is 0 Å². The lowest BCUT2D eigenvalue weighted by atomic mass is 10.2. The van der Waals surface area contributed by atoms with Crippen LogP contribution in [0.4, 0.5) is 4.39 Å². The van der Waals surface area contributed by atoms with Crippen LogP contribution in [0.25, 0.3) is 10.1 Å². The predicted molar refractivity (Wildman–Crippen MR) is 51.5 cm³/mol. The maximum atomic E-state index is 13.3. The van der Waals surface area contributed by atoms with Crippen molar-refractivity contribution in [3.63, 3.8) is 0 Å². The zero-order chi connectivity index (χ0) is 9.42. The van der Waals surface area contributed by atoms with Crippen LogP contribution in [-0.4, -0.2) is 0 Å². The summed E-state index contributed by atoms with van der Waals surface area (Å²) in [5, 5.41) is 11.3. The first kappa shape index (κ1) is 8.49. The summed E-state index contributed by atoms with van der Waals surface area (Å²) in [6.07, 6.45) is 0. The first-order valence-corrected chi connectivity index (χ1v) is 4.75. The van der Waals surface area contributed by atoms with E-state index >= 15 is 0 Å². The molecule has 64 valence electrons. The Morgan fingerprint density at radius 2 is 2.31 bits per heavy atom. The SMILES string of the molecule is N#Cc1c(F)c(Cl)cc2ccsc12. The summed E-state index contributed by atoms with van der Waals surface area (Å²) in [4.78, 5) is 0. The molecule has 0 amide bonds. The molecule has 0 spiro atoms. The fourth-order valence-corrected chi connectivity index (χ4v) is 2.23. The maximum absolute atomic E-state index is 13.3. The maximum Gasteiger partial charge on any atom is 0.161 e. The van der Waals surface area contributed by atoms with E-state index < -0.39 is 5.82 Å². The van der Waals surface area contributed by atoms with E-state index in [0.717, 1.165) is 5.39 Å². The minimum Gasteiger partial charge on any atom is -0.204 e. The van der Waals surface area contributed by atoms with Gasteiger partial charge in [-0.25, -0.2) is 4.39 Å². The van der Waals surface area contributed by atoms with E-state index in [1.165, 1.54) is 17.4 Å². The van der Waals surface area contributed by atoms with Gasteiger partial charge in [0.05, 0.1) is 9.72 Å². The number of fused-ring (bicyclic) bond motifs is 1. The molecule has 0 aliphatic heterocycles. The Bertz CT molecular complexity index is 512. The first-order chi connectivity index (χ1) is 6.24. The monoisotopic (exact) mass is 211 g/mol. The summed E-state index contributed by atoms with van der Waals surface area (Å²) in [6, 6.07) is 5.16. The van der Waals surface area contributed by atoms with E-state index in [0.29, 0.717) is 4.70 Å². The zero-order valence-electron chi connectivity index (χ0n) is 6.34. The minimum atomic E-state index is -0.626. The summed E-state index contributed by atoms with van der Waals surface area (Å²) < 4.78 is 13.9. The van der Waals surface area contributed by atoms with Gasteiger partial charge in [0.25, 0.3) is 0 Å². The van der Waals surface area contributed by atoms with Crippen molar-refractivity contribution in [2.75, 3.05) is 0 Å². The van der Waals surface area contributed by atoms with E-state index in [1.807, 2.05) is 12.1 Å². The molecule has 1 heterocycles. The number of nitriles is 1. The number of hydrogen-bond donors (Lipinski definition) is 0.